The number of benzene rings is 1. The van der Waals surface area contributed by atoms with Gasteiger partial charge in [-0.15, -0.1) is 0 Å². The highest BCUT2D eigenvalue weighted by Crippen LogP contribution is 2.28. The molecule has 0 unspecified atom stereocenters. The largest absolute Gasteiger partial charge is 0.0984 e. The van der Waals surface area contributed by atoms with Crippen molar-refractivity contribution in [2.24, 2.45) is 5.92 Å². The highest BCUT2D eigenvalue weighted by Gasteiger charge is 2.13. The van der Waals surface area contributed by atoms with Crippen molar-refractivity contribution in [1.82, 2.24) is 0 Å². The summed E-state index contributed by atoms with van der Waals surface area (Å²) in [6, 6.07) is 8.70. The first-order valence-electron chi connectivity index (χ1n) is 9.32. The fourth-order valence-corrected chi connectivity index (χ4v) is 2.88. The molecule has 0 aliphatic carbocycles. The van der Waals surface area contributed by atoms with Gasteiger partial charge in [-0.25, -0.2) is 0 Å². The lowest BCUT2D eigenvalue weighted by Gasteiger charge is -2.19. The third-order valence-electron chi connectivity index (χ3n) is 4.87. The molecule has 0 spiro atoms. The zero-order valence-corrected chi connectivity index (χ0v) is 16.7. The van der Waals surface area contributed by atoms with Crippen LogP contribution >= 0.6 is 0 Å². The first-order chi connectivity index (χ1) is 11.8. The van der Waals surface area contributed by atoms with Gasteiger partial charge in [0.05, 0.1) is 0 Å². The molecule has 0 N–H and O–H groups in total. The third-order valence-corrected chi connectivity index (χ3v) is 4.87. The summed E-state index contributed by atoms with van der Waals surface area (Å²) < 4.78 is 0. The lowest BCUT2D eigenvalue weighted by atomic mass is 9.86. The lowest BCUT2D eigenvalue weighted by molar-refractivity contribution is 0.491. The Bertz CT molecular complexity index is 626. The monoisotopic (exact) mass is 334 g/mol. The molecule has 0 aromatic heterocycles. The molecule has 0 nitrogen and oxygen atoms in total. The van der Waals surface area contributed by atoms with E-state index in [2.05, 4.69) is 78.5 Å². The van der Waals surface area contributed by atoms with Gasteiger partial charge in [0.15, 0.2) is 0 Å². The van der Waals surface area contributed by atoms with Crippen LogP contribution in [-0.2, 0) is 5.41 Å². The molecule has 1 aromatic rings. The van der Waals surface area contributed by atoms with E-state index < -0.39 is 0 Å². The Morgan fingerprint density at radius 3 is 2.08 bits per heavy atom. The van der Waals surface area contributed by atoms with Crippen molar-refractivity contribution in [3.63, 3.8) is 0 Å². The molecule has 0 aliphatic heterocycles. The van der Waals surface area contributed by atoms with Gasteiger partial charge in [-0.1, -0.05) is 97.0 Å². The van der Waals surface area contributed by atoms with Gasteiger partial charge in [-0.3, -0.25) is 0 Å². The van der Waals surface area contributed by atoms with Crippen molar-refractivity contribution in [3.05, 3.63) is 84.8 Å². The Balaban J connectivity index is 3.07. The minimum absolute atomic E-state index is 0.155. The van der Waals surface area contributed by atoms with Gasteiger partial charge in [0, 0.05) is 0 Å². The topological polar surface area (TPSA) is 0 Å². The zero-order chi connectivity index (χ0) is 19.0. The minimum atomic E-state index is 0.155. The van der Waals surface area contributed by atoms with Crippen LogP contribution in [0.3, 0.4) is 0 Å². The molecule has 0 amide bonds. The summed E-state index contributed by atoms with van der Waals surface area (Å²) in [4.78, 5) is 0. The van der Waals surface area contributed by atoms with Crippen molar-refractivity contribution >= 4 is 5.57 Å². The van der Waals surface area contributed by atoms with Crippen molar-refractivity contribution in [3.8, 4) is 0 Å². The van der Waals surface area contributed by atoms with Gasteiger partial charge in [0.1, 0.15) is 0 Å². The molecule has 0 heterocycles. The van der Waals surface area contributed by atoms with Gasteiger partial charge in [-0.05, 0) is 58.6 Å². The SMILES string of the molecule is [CH]=C(CC(CC)CC)C(=C/[CH2])/C=C(\C=C)c1ccc(C(C)(C)C)cc1. The maximum Gasteiger partial charge on any atom is -0.0132 e. The molecule has 25 heavy (non-hydrogen) atoms. The van der Waals surface area contributed by atoms with Crippen LogP contribution in [0.25, 0.3) is 5.57 Å². The highest BCUT2D eigenvalue weighted by molar-refractivity contribution is 5.76. The molecule has 0 aliphatic rings. The van der Waals surface area contributed by atoms with Crippen molar-refractivity contribution in [2.75, 3.05) is 0 Å². The van der Waals surface area contributed by atoms with E-state index in [0.717, 1.165) is 41.5 Å². The fraction of sp³-hybridized carbons (Fsp3) is 0.400. The maximum atomic E-state index is 6.37. The summed E-state index contributed by atoms with van der Waals surface area (Å²) in [6.45, 7) is 25.4. The van der Waals surface area contributed by atoms with Gasteiger partial charge in [-0.2, -0.15) is 0 Å². The summed E-state index contributed by atoms with van der Waals surface area (Å²) in [5.41, 5.74) is 5.62. The van der Waals surface area contributed by atoms with Crippen LogP contribution in [0, 0.1) is 19.4 Å². The summed E-state index contributed by atoms with van der Waals surface area (Å²) in [7, 11) is 0. The van der Waals surface area contributed by atoms with Gasteiger partial charge < -0.3 is 0 Å². The Hall–Kier alpha value is -1.82. The minimum Gasteiger partial charge on any atom is -0.0984 e. The maximum absolute atomic E-state index is 6.37. The molecule has 0 saturated carbocycles. The lowest BCUT2D eigenvalue weighted by Crippen LogP contribution is -2.10. The van der Waals surface area contributed by atoms with Gasteiger partial charge in [0.2, 0.25) is 0 Å². The van der Waals surface area contributed by atoms with Crippen LogP contribution < -0.4 is 0 Å². The van der Waals surface area contributed by atoms with E-state index in [1.165, 1.54) is 5.56 Å². The van der Waals surface area contributed by atoms with Crippen LogP contribution in [0.1, 0.15) is 65.0 Å². The highest BCUT2D eigenvalue weighted by atomic mass is 14.2. The van der Waals surface area contributed by atoms with E-state index >= 15 is 0 Å². The molecule has 2 radical (unpaired) electrons. The Kier molecular flexibility index (Phi) is 8.16. The number of hydrogen-bond acceptors (Lipinski definition) is 0. The number of rotatable bonds is 8. The predicted octanol–water partition coefficient (Wildman–Crippen LogP) is 7.50. The molecule has 1 rings (SSSR count). The zero-order valence-electron chi connectivity index (χ0n) is 16.7. The van der Waals surface area contributed by atoms with E-state index in [9.17, 15) is 0 Å². The van der Waals surface area contributed by atoms with Crippen molar-refractivity contribution in [2.45, 2.75) is 59.3 Å². The Morgan fingerprint density at radius 1 is 1.12 bits per heavy atom. The second kappa shape index (κ2) is 9.61. The Labute approximate surface area is 156 Å². The average Bonchev–Trinajstić information content (AvgIpc) is 2.60. The summed E-state index contributed by atoms with van der Waals surface area (Å²) in [5.74, 6) is 0.626. The van der Waals surface area contributed by atoms with E-state index in [0.29, 0.717) is 5.92 Å². The third kappa shape index (κ3) is 6.20. The van der Waals surface area contributed by atoms with Crippen molar-refractivity contribution in [1.29, 1.82) is 0 Å². The first-order valence-corrected chi connectivity index (χ1v) is 9.32. The smallest absolute Gasteiger partial charge is 0.0132 e. The number of allylic oxidation sites excluding steroid dienone is 6. The van der Waals surface area contributed by atoms with E-state index in [4.69, 9.17) is 6.58 Å². The van der Waals surface area contributed by atoms with E-state index in [1.54, 1.807) is 0 Å². The van der Waals surface area contributed by atoms with Crippen LogP contribution in [0.2, 0.25) is 0 Å². The first kappa shape index (κ1) is 21.2. The molecular formula is C25H34. The molecule has 0 fully saturated rings. The van der Waals surface area contributed by atoms with Gasteiger partial charge in [0.25, 0.3) is 0 Å². The van der Waals surface area contributed by atoms with Crippen molar-refractivity contribution < 1.29 is 0 Å². The quantitative estimate of drug-likeness (QED) is 0.432. The predicted molar refractivity (Wildman–Crippen MR) is 113 cm³/mol. The standard InChI is InChI=1S/C25H34/c1-9-20(10-2)17-19(5)21(11-3)18-22(12-4)23-13-15-24(16-14-23)25(6,7)8/h5,11-16,18,20H,3-4,9-10,17H2,1-2,6-8H3/b19-5?,21-11+,22-18+. The normalized spacial score (nSPS) is 13.2. The summed E-state index contributed by atoms with van der Waals surface area (Å²) in [6.07, 6.45) is 9.05. The average molecular weight is 335 g/mol. The second-order valence-electron chi connectivity index (χ2n) is 7.70. The van der Waals surface area contributed by atoms with E-state index in [1.807, 2.05) is 12.2 Å². The molecule has 1 aromatic carbocycles. The molecule has 0 saturated heterocycles. The summed E-state index contributed by atoms with van der Waals surface area (Å²) >= 11 is 0. The molecule has 0 atom stereocenters. The molecule has 0 bridgehead atoms. The summed E-state index contributed by atoms with van der Waals surface area (Å²) in [5, 5.41) is 0. The second-order valence-corrected chi connectivity index (χ2v) is 7.70. The van der Waals surface area contributed by atoms with Crippen LogP contribution in [0.15, 0.2) is 60.2 Å². The van der Waals surface area contributed by atoms with Crippen LogP contribution in [0.5, 0.6) is 0 Å². The van der Waals surface area contributed by atoms with Crippen LogP contribution in [0.4, 0.5) is 0 Å². The van der Waals surface area contributed by atoms with Crippen LogP contribution in [-0.4, -0.2) is 0 Å². The fourth-order valence-electron chi connectivity index (χ4n) is 2.88. The van der Waals surface area contributed by atoms with E-state index in [-0.39, 0.29) is 5.41 Å². The van der Waals surface area contributed by atoms with Gasteiger partial charge >= 0.3 is 0 Å². The molecule has 0 heteroatoms. The molecule has 134 valence electrons. The Morgan fingerprint density at radius 2 is 1.68 bits per heavy atom. The molecular weight excluding hydrogens is 300 g/mol. The number of hydrogen-bond donors (Lipinski definition) is 0.